The van der Waals surface area contributed by atoms with Gasteiger partial charge in [0, 0.05) is 6.04 Å². The molecule has 1 aromatic rings. The van der Waals surface area contributed by atoms with Crippen LogP contribution in [0.15, 0.2) is 24.3 Å². The van der Waals surface area contributed by atoms with Crippen molar-refractivity contribution in [3.8, 4) is 0 Å². The van der Waals surface area contributed by atoms with Crippen LogP contribution in [0.3, 0.4) is 0 Å². The molecule has 1 aromatic carbocycles. The molecule has 1 fully saturated rings. The zero-order valence-corrected chi connectivity index (χ0v) is 12.1. The molecule has 1 aliphatic carbocycles. The summed E-state index contributed by atoms with van der Waals surface area (Å²) in [4.78, 5) is 0. The first-order valence-corrected chi connectivity index (χ1v) is 8.15. The molecule has 5 heteroatoms. The van der Waals surface area contributed by atoms with Crippen LogP contribution in [0.25, 0.3) is 0 Å². The molecule has 1 atom stereocenters. The van der Waals surface area contributed by atoms with Crippen LogP contribution in [-0.4, -0.2) is 14.5 Å². The van der Waals surface area contributed by atoms with Gasteiger partial charge in [-0.3, -0.25) is 0 Å². The van der Waals surface area contributed by atoms with Gasteiger partial charge in [0.1, 0.15) is 5.82 Å². The van der Waals surface area contributed by atoms with Crippen molar-refractivity contribution in [1.29, 1.82) is 0 Å². The van der Waals surface area contributed by atoms with Gasteiger partial charge in [0.05, 0.1) is 5.75 Å². The van der Waals surface area contributed by atoms with Crippen molar-refractivity contribution in [2.24, 2.45) is 5.41 Å². The van der Waals surface area contributed by atoms with E-state index in [4.69, 9.17) is 0 Å². The number of rotatable bonds is 4. The monoisotopic (exact) mass is 285 g/mol. The summed E-state index contributed by atoms with van der Waals surface area (Å²) < 4.78 is 39.6. The Balaban J connectivity index is 1.98. The number of hydrogen-bond donors (Lipinski definition) is 1. The average molecular weight is 285 g/mol. The first-order chi connectivity index (χ1) is 8.76. The van der Waals surface area contributed by atoms with Gasteiger partial charge in [-0.05, 0) is 42.4 Å². The lowest BCUT2D eigenvalue weighted by molar-refractivity contribution is 0.372. The van der Waals surface area contributed by atoms with E-state index in [9.17, 15) is 12.8 Å². The van der Waals surface area contributed by atoms with Crippen LogP contribution in [0, 0.1) is 11.2 Å². The SMILES string of the molecule is CC1(C)CCC(NS(=O)(=O)Cc2ccc(F)cc2)C1. The Labute approximate surface area is 114 Å². The van der Waals surface area contributed by atoms with E-state index in [1.165, 1.54) is 24.3 Å². The van der Waals surface area contributed by atoms with E-state index < -0.39 is 10.0 Å². The lowest BCUT2D eigenvalue weighted by Gasteiger charge is -2.18. The molecule has 0 saturated heterocycles. The molecule has 0 heterocycles. The molecule has 0 amide bonds. The van der Waals surface area contributed by atoms with Crippen molar-refractivity contribution in [2.75, 3.05) is 0 Å². The molecule has 3 nitrogen and oxygen atoms in total. The lowest BCUT2D eigenvalue weighted by atomic mass is 9.92. The minimum atomic E-state index is -3.35. The fourth-order valence-electron chi connectivity index (χ4n) is 2.63. The van der Waals surface area contributed by atoms with Gasteiger partial charge < -0.3 is 0 Å². The Bertz CT molecular complexity index is 537. The predicted molar refractivity (Wildman–Crippen MR) is 73.6 cm³/mol. The third-order valence-electron chi connectivity index (χ3n) is 3.58. The first-order valence-electron chi connectivity index (χ1n) is 6.50. The van der Waals surface area contributed by atoms with Gasteiger partial charge in [0.2, 0.25) is 10.0 Å². The molecule has 0 aliphatic heterocycles. The summed E-state index contributed by atoms with van der Waals surface area (Å²) in [5.74, 6) is -0.448. The summed E-state index contributed by atoms with van der Waals surface area (Å²) in [5, 5.41) is 0. The summed E-state index contributed by atoms with van der Waals surface area (Å²) in [6.45, 7) is 4.31. The maximum Gasteiger partial charge on any atom is 0.216 e. The summed E-state index contributed by atoms with van der Waals surface area (Å²) in [6.07, 6.45) is 2.79. The Hall–Kier alpha value is -0.940. The van der Waals surface area contributed by atoms with Gasteiger partial charge in [-0.25, -0.2) is 17.5 Å². The summed E-state index contributed by atoms with van der Waals surface area (Å²) in [7, 11) is -3.35. The lowest BCUT2D eigenvalue weighted by Crippen LogP contribution is -2.34. The van der Waals surface area contributed by atoms with E-state index in [1.807, 2.05) is 0 Å². The van der Waals surface area contributed by atoms with Crippen LogP contribution >= 0.6 is 0 Å². The van der Waals surface area contributed by atoms with Crippen molar-refractivity contribution in [2.45, 2.75) is 44.9 Å². The fourth-order valence-corrected chi connectivity index (χ4v) is 4.06. The Morgan fingerprint density at radius 1 is 1.32 bits per heavy atom. The summed E-state index contributed by atoms with van der Waals surface area (Å²) >= 11 is 0. The predicted octanol–water partition coefficient (Wildman–Crippen LogP) is 2.82. The molecule has 19 heavy (non-hydrogen) atoms. The highest BCUT2D eigenvalue weighted by Crippen LogP contribution is 2.37. The van der Waals surface area contributed by atoms with Crippen LogP contribution in [0.5, 0.6) is 0 Å². The maximum atomic E-state index is 12.8. The Morgan fingerprint density at radius 3 is 2.47 bits per heavy atom. The number of hydrogen-bond acceptors (Lipinski definition) is 2. The molecule has 0 bridgehead atoms. The van der Waals surface area contributed by atoms with E-state index in [1.54, 1.807) is 0 Å². The summed E-state index contributed by atoms with van der Waals surface area (Å²) in [6, 6.07) is 5.60. The van der Waals surface area contributed by atoms with Crippen LogP contribution < -0.4 is 4.72 Å². The average Bonchev–Trinajstić information content (AvgIpc) is 2.60. The molecular weight excluding hydrogens is 265 g/mol. The molecule has 0 radical (unpaired) electrons. The zero-order valence-electron chi connectivity index (χ0n) is 11.3. The number of nitrogens with one attached hydrogen (secondary N) is 1. The topological polar surface area (TPSA) is 46.2 Å². The van der Waals surface area contributed by atoms with Crippen molar-refractivity contribution >= 4 is 10.0 Å². The van der Waals surface area contributed by atoms with Gasteiger partial charge in [0.15, 0.2) is 0 Å². The molecule has 106 valence electrons. The minimum Gasteiger partial charge on any atom is -0.212 e. The number of benzene rings is 1. The van der Waals surface area contributed by atoms with Gasteiger partial charge in [-0.15, -0.1) is 0 Å². The smallest absolute Gasteiger partial charge is 0.212 e. The van der Waals surface area contributed by atoms with Crippen LogP contribution in [0.2, 0.25) is 0 Å². The zero-order chi connectivity index (χ0) is 14.1. The molecule has 1 aliphatic rings. The van der Waals surface area contributed by atoms with Crippen molar-refractivity contribution in [1.82, 2.24) is 4.72 Å². The third kappa shape index (κ3) is 4.28. The number of sulfonamides is 1. The fraction of sp³-hybridized carbons (Fsp3) is 0.571. The summed E-state index contributed by atoms with van der Waals surface area (Å²) in [5.41, 5.74) is 0.814. The van der Waals surface area contributed by atoms with Crippen molar-refractivity contribution < 1.29 is 12.8 Å². The van der Waals surface area contributed by atoms with E-state index in [-0.39, 0.29) is 23.0 Å². The van der Waals surface area contributed by atoms with Gasteiger partial charge >= 0.3 is 0 Å². The molecule has 2 rings (SSSR count). The van der Waals surface area contributed by atoms with E-state index in [2.05, 4.69) is 18.6 Å². The minimum absolute atomic E-state index is 0.0282. The molecule has 1 N–H and O–H groups in total. The van der Waals surface area contributed by atoms with Gasteiger partial charge in [-0.2, -0.15) is 0 Å². The first kappa shape index (κ1) is 14.5. The second kappa shape index (κ2) is 5.21. The van der Waals surface area contributed by atoms with E-state index in [0.717, 1.165) is 19.3 Å². The van der Waals surface area contributed by atoms with Crippen LogP contribution in [0.4, 0.5) is 4.39 Å². The molecule has 0 spiro atoms. The third-order valence-corrected chi connectivity index (χ3v) is 4.99. The second-order valence-electron chi connectivity index (χ2n) is 6.11. The van der Waals surface area contributed by atoms with Gasteiger partial charge in [-0.1, -0.05) is 26.0 Å². The second-order valence-corrected chi connectivity index (χ2v) is 7.86. The molecule has 1 unspecified atom stereocenters. The molecule has 0 aromatic heterocycles. The van der Waals surface area contributed by atoms with E-state index >= 15 is 0 Å². The quantitative estimate of drug-likeness (QED) is 0.924. The normalized spacial score (nSPS) is 22.6. The van der Waals surface area contributed by atoms with Crippen LogP contribution in [0.1, 0.15) is 38.7 Å². The number of halogens is 1. The van der Waals surface area contributed by atoms with Crippen molar-refractivity contribution in [3.63, 3.8) is 0 Å². The highest BCUT2D eigenvalue weighted by Gasteiger charge is 2.33. The highest BCUT2D eigenvalue weighted by molar-refractivity contribution is 7.88. The van der Waals surface area contributed by atoms with Crippen molar-refractivity contribution in [3.05, 3.63) is 35.6 Å². The van der Waals surface area contributed by atoms with Gasteiger partial charge in [0.25, 0.3) is 0 Å². The maximum absolute atomic E-state index is 12.8. The largest absolute Gasteiger partial charge is 0.216 e. The highest BCUT2D eigenvalue weighted by atomic mass is 32.2. The standard InChI is InChI=1S/C14H20FNO2S/c1-14(2)8-7-13(9-14)16-19(17,18)10-11-3-5-12(15)6-4-11/h3-6,13,16H,7-10H2,1-2H3. The van der Waals surface area contributed by atoms with Crippen LogP contribution in [-0.2, 0) is 15.8 Å². The molecular formula is C14H20FNO2S. The molecule has 1 saturated carbocycles. The van der Waals surface area contributed by atoms with E-state index in [0.29, 0.717) is 5.56 Å². The Morgan fingerprint density at radius 2 is 1.95 bits per heavy atom. The Kier molecular flexibility index (Phi) is 3.97.